The lowest BCUT2D eigenvalue weighted by atomic mass is 10.3. The normalized spacial score (nSPS) is 13.8. The van der Waals surface area contributed by atoms with Crippen LogP contribution in [0.4, 0.5) is 0 Å². The summed E-state index contributed by atoms with van der Waals surface area (Å²) in [6, 6.07) is 7.30. The fourth-order valence-electron chi connectivity index (χ4n) is 1.91. The number of aromatic nitrogens is 1. The van der Waals surface area contributed by atoms with Crippen molar-refractivity contribution >= 4 is 41.0 Å². The molecule has 1 aromatic carbocycles. The zero-order valence-corrected chi connectivity index (χ0v) is 17.7. The first-order chi connectivity index (χ1) is 11.9. The summed E-state index contributed by atoms with van der Waals surface area (Å²) in [6.07, 6.45) is 0. The van der Waals surface area contributed by atoms with Crippen LogP contribution >= 0.6 is 41.0 Å². The summed E-state index contributed by atoms with van der Waals surface area (Å²) in [5.41, 5.74) is 0.871. The standard InChI is InChI=1S/C16H22ClN2O3PS2/c1-4-22-23(20,19-12(2)3)25-11-14-10-24-16(18-14)9-21-15-7-5-13(17)6-8-15/h5-8,10,12H,4,9,11H2,1-3H3,(H,19,20). The molecule has 5 nitrogen and oxygen atoms in total. The molecular formula is C16H22ClN2O3PS2. The minimum absolute atomic E-state index is 0.0867. The zero-order valence-electron chi connectivity index (χ0n) is 14.4. The maximum absolute atomic E-state index is 12.7. The molecule has 2 rings (SSSR count). The van der Waals surface area contributed by atoms with Gasteiger partial charge in [-0.25, -0.2) is 10.1 Å². The summed E-state index contributed by atoms with van der Waals surface area (Å²) in [5, 5.41) is 6.52. The van der Waals surface area contributed by atoms with Crippen molar-refractivity contribution in [3.63, 3.8) is 0 Å². The lowest BCUT2D eigenvalue weighted by Gasteiger charge is -2.19. The Morgan fingerprint density at radius 3 is 2.72 bits per heavy atom. The van der Waals surface area contributed by atoms with Gasteiger partial charge in [0.25, 0.3) is 0 Å². The number of nitrogens with one attached hydrogen (secondary N) is 1. The van der Waals surface area contributed by atoms with Gasteiger partial charge < -0.3 is 9.26 Å². The molecule has 0 aliphatic carbocycles. The van der Waals surface area contributed by atoms with Crippen molar-refractivity contribution < 1.29 is 13.8 Å². The number of benzene rings is 1. The third-order valence-electron chi connectivity index (χ3n) is 2.87. The van der Waals surface area contributed by atoms with Crippen molar-refractivity contribution in [2.45, 2.75) is 39.2 Å². The second kappa shape index (κ2) is 9.95. The van der Waals surface area contributed by atoms with Crippen LogP contribution in [-0.4, -0.2) is 17.6 Å². The molecule has 0 saturated carbocycles. The van der Waals surface area contributed by atoms with Crippen molar-refractivity contribution in [2.24, 2.45) is 0 Å². The number of halogens is 1. The second-order valence-corrected chi connectivity index (χ2v) is 11.1. The highest BCUT2D eigenvalue weighted by Crippen LogP contribution is 2.57. The highest BCUT2D eigenvalue weighted by Gasteiger charge is 2.24. The lowest BCUT2D eigenvalue weighted by Crippen LogP contribution is -2.19. The molecule has 9 heteroatoms. The summed E-state index contributed by atoms with van der Waals surface area (Å²) in [5.74, 6) is 1.27. The molecule has 1 aromatic heterocycles. The molecule has 0 amide bonds. The van der Waals surface area contributed by atoms with Gasteiger partial charge in [-0.15, -0.1) is 11.3 Å². The predicted molar refractivity (Wildman–Crippen MR) is 107 cm³/mol. The van der Waals surface area contributed by atoms with Gasteiger partial charge in [0.15, 0.2) is 0 Å². The van der Waals surface area contributed by atoms with Crippen molar-refractivity contribution in [1.82, 2.24) is 10.1 Å². The van der Waals surface area contributed by atoms with Gasteiger partial charge in [-0.1, -0.05) is 11.6 Å². The van der Waals surface area contributed by atoms with Crippen LogP contribution in [0.2, 0.25) is 5.02 Å². The van der Waals surface area contributed by atoms with Crippen LogP contribution in [0, 0.1) is 0 Å². The van der Waals surface area contributed by atoms with Crippen LogP contribution in [0.1, 0.15) is 31.5 Å². The summed E-state index contributed by atoms with van der Waals surface area (Å²) >= 11 is 8.64. The molecule has 1 atom stereocenters. The molecule has 0 aliphatic heterocycles. The molecule has 1 unspecified atom stereocenters. The Morgan fingerprint density at radius 1 is 1.36 bits per heavy atom. The summed E-state index contributed by atoms with van der Waals surface area (Å²) in [7, 11) is 0. The van der Waals surface area contributed by atoms with Crippen LogP contribution < -0.4 is 9.82 Å². The molecular weight excluding hydrogens is 399 g/mol. The quantitative estimate of drug-likeness (QED) is 0.493. The predicted octanol–water partition coefficient (Wildman–Crippen LogP) is 5.75. The first-order valence-corrected chi connectivity index (χ1v) is 12.4. The van der Waals surface area contributed by atoms with E-state index in [9.17, 15) is 4.57 Å². The maximum atomic E-state index is 12.7. The maximum Gasteiger partial charge on any atom is 0.327 e. The average Bonchev–Trinajstić information content (AvgIpc) is 3.00. The summed E-state index contributed by atoms with van der Waals surface area (Å²) < 4.78 is 23.8. The van der Waals surface area contributed by atoms with Gasteiger partial charge in [0.2, 0.25) is 0 Å². The van der Waals surface area contributed by atoms with Gasteiger partial charge >= 0.3 is 6.72 Å². The Bertz CT molecular complexity index is 710. The van der Waals surface area contributed by atoms with Crippen LogP contribution in [0.5, 0.6) is 5.75 Å². The van der Waals surface area contributed by atoms with E-state index in [0.29, 0.717) is 24.0 Å². The monoisotopic (exact) mass is 420 g/mol. The van der Waals surface area contributed by atoms with E-state index in [4.69, 9.17) is 20.9 Å². The van der Waals surface area contributed by atoms with Gasteiger partial charge in [0, 0.05) is 22.2 Å². The Balaban J connectivity index is 1.87. The van der Waals surface area contributed by atoms with Gasteiger partial charge in [-0.05, 0) is 56.4 Å². The average molecular weight is 421 g/mol. The SMILES string of the molecule is CCOP(=O)(NC(C)C)SCc1csc(COc2ccc(Cl)cc2)n1. The molecule has 1 N–H and O–H groups in total. The first-order valence-electron chi connectivity index (χ1n) is 7.89. The number of ether oxygens (including phenoxy) is 1. The van der Waals surface area contributed by atoms with Crippen LogP contribution in [0.3, 0.4) is 0 Å². The minimum atomic E-state index is -2.91. The Morgan fingerprint density at radius 2 is 2.08 bits per heavy atom. The summed E-state index contributed by atoms with van der Waals surface area (Å²) in [4.78, 5) is 4.53. The molecule has 25 heavy (non-hydrogen) atoms. The molecule has 0 fully saturated rings. The lowest BCUT2D eigenvalue weighted by molar-refractivity contribution is 0.305. The molecule has 0 aliphatic rings. The van der Waals surface area contributed by atoms with E-state index in [0.717, 1.165) is 16.5 Å². The largest absolute Gasteiger partial charge is 0.486 e. The van der Waals surface area contributed by atoms with E-state index in [-0.39, 0.29) is 6.04 Å². The number of nitrogens with zero attached hydrogens (tertiary/aromatic N) is 1. The summed E-state index contributed by atoms with van der Waals surface area (Å²) in [6.45, 7) is 3.61. The fraction of sp³-hybridized carbons (Fsp3) is 0.438. The smallest absolute Gasteiger partial charge is 0.327 e. The zero-order chi connectivity index (χ0) is 18.3. The van der Waals surface area contributed by atoms with Crippen molar-refractivity contribution in [3.05, 3.63) is 45.4 Å². The first kappa shape index (κ1) is 20.7. The van der Waals surface area contributed by atoms with E-state index in [1.165, 1.54) is 22.7 Å². The number of thiazole rings is 1. The fourth-order valence-corrected chi connectivity index (χ4v) is 6.79. The van der Waals surface area contributed by atoms with E-state index in [1.807, 2.05) is 38.3 Å². The van der Waals surface area contributed by atoms with Crippen molar-refractivity contribution in [1.29, 1.82) is 0 Å². The number of hydrogen-bond donors (Lipinski definition) is 1. The van der Waals surface area contributed by atoms with Crippen molar-refractivity contribution in [3.8, 4) is 5.75 Å². The Hall–Kier alpha value is -0.560. The van der Waals surface area contributed by atoms with Gasteiger partial charge in [-0.2, -0.15) is 0 Å². The topological polar surface area (TPSA) is 60.5 Å². The minimum Gasteiger partial charge on any atom is -0.486 e. The van der Waals surface area contributed by atoms with E-state index in [2.05, 4.69) is 10.1 Å². The van der Waals surface area contributed by atoms with Crippen LogP contribution in [-0.2, 0) is 21.4 Å². The molecule has 0 spiro atoms. The molecule has 0 saturated heterocycles. The van der Waals surface area contributed by atoms with E-state index >= 15 is 0 Å². The van der Waals surface area contributed by atoms with Crippen LogP contribution in [0.15, 0.2) is 29.6 Å². The molecule has 0 bridgehead atoms. The third kappa shape index (κ3) is 7.29. The molecule has 2 aromatic rings. The molecule has 138 valence electrons. The van der Waals surface area contributed by atoms with E-state index in [1.54, 1.807) is 12.1 Å². The second-order valence-electron chi connectivity index (χ2n) is 5.45. The van der Waals surface area contributed by atoms with E-state index < -0.39 is 6.72 Å². The molecule has 0 radical (unpaired) electrons. The Labute approximate surface area is 161 Å². The highest BCUT2D eigenvalue weighted by atomic mass is 35.5. The number of rotatable bonds is 10. The Kier molecular flexibility index (Phi) is 8.26. The number of hydrogen-bond acceptors (Lipinski definition) is 6. The highest BCUT2D eigenvalue weighted by molar-refractivity contribution is 8.55. The van der Waals surface area contributed by atoms with Gasteiger partial charge in [0.05, 0.1) is 12.3 Å². The molecule has 1 heterocycles. The van der Waals surface area contributed by atoms with Gasteiger partial charge in [-0.3, -0.25) is 4.57 Å². The van der Waals surface area contributed by atoms with Crippen LogP contribution in [0.25, 0.3) is 0 Å². The van der Waals surface area contributed by atoms with Gasteiger partial charge in [0.1, 0.15) is 17.4 Å². The third-order valence-corrected chi connectivity index (χ3v) is 8.23. The van der Waals surface area contributed by atoms with Crippen molar-refractivity contribution in [2.75, 3.05) is 6.61 Å².